The van der Waals surface area contributed by atoms with Crippen molar-refractivity contribution in [2.75, 3.05) is 0 Å². The number of nitro benzene ring substituents is 2. The lowest BCUT2D eigenvalue weighted by molar-refractivity contribution is -0.395. The molecule has 1 aromatic rings. The molecule has 0 atom stereocenters. The molecule has 8 nitrogen and oxygen atoms in total. The highest BCUT2D eigenvalue weighted by molar-refractivity contribution is 5.95. The van der Waals surface area contributed by atoms with Crippen LogP contribution in [0.1, 0.15) is 21.5 Å². The van der Waals surface area contributed by atoms with Gasteiger partial charge in [0.15, 0.2) is 0 Å². The molecule has 0 aliphatic carbocycles. The van der Waals surface area contributed by atoms with Crippen molar-refractivity contribution in [3.8, 4) is 0 Å². The number of benzene rings is 1. The number of hydrogen-bond donors (Lipinski definition) is 1. The van der Waals surface area contributed by atoms with Crippen molar-refractivity contribution in [2.24, 2.45) is 0 Å². The van der Waals surface area contributed by atoms with E-state index in [1.807, 2.05) is 0 Å². The molecule has 0 unspecified atom stereocenters. The Labute approximate surface area is 94.8 Å². The lowest BCUT2D eigenvalue weighted by atomic mass is 10.0. The van der Waals surface area contributed by atoms with Crippen molar-refractivity contribution < 1.29 is 19.7 Å². The zero-order valence-corrected chi connectivity index (χ0v) is 8.96. The molecule has 0 spiro atoms. The van der Waals surface area contributed by atoms with Gasteiger partial charge in [-0.3, -0.25) is 20.2 Å². The van der Waals surface area contributed by atoms with Gasteiger partial charge in [0.25, 0.3) is 11.4 Å². The molecule has 1 N–H and O–H groups in total. The molecular formula is C9H8N2O6. The van der Waals surface area contributed by atoms with Crippen LogP contribution in [0.2, 0.25) is 0 Å². The van der Waals surface area contributed by atoms with Gasteiger partial charge in [-0.05, 0) is 19.4 Å². The first-order valence-electron chi connectivity index (χ1n) is 4.43. The third-order valence-corrected chi connectivity index (χ3v) is 2.32. The molecule has 0 saturated carbocycles. The smallest absolute Gasteiger partial charge is 0.343 e. The summed E-state index contributed by atoms with van der Waals surface area (Å²) in [5, 5.41) is 30.3. The molecule has 0 aliphatic heterocycles. The molecule has 90 valence electrons. The van der Waals surface area contributed by atoms with Gasteiger partial charge in [0.05, 0.1) is 9.85 Å². The second-order valence-corrected chi connectivity index (χ2v) is 3.38. The number of hydrogen-bond acceptors (Lipinski definition) is 5. The van der Waals surface area contributed by atoms with Gasteiger partial charge in [0.1, 0.15) is 11.1 Å². The van der Waals surface area contributed by atoms with Crippen molar-refractivity contribution in [3.63, 3.8) is 0 Å². The van der Waals surface area contributed by atoms with Crippen LogP contribution in [0.3, 0.4) is 0 Å². The Kier molecular flexibility index (Phi) is 3.07. The molecule has 1 rings (SSSR count). The molecule has 0 heterocycles. The summed E-state index contributed by atoms with van der Waals surface area (Å²) in [6.45, 7) is 2.44. The second-order valence-electron chi connectivity index (χ2n) is 3.38. The second kappa shape index (κ2) is 4.16. The number of carboxylic acids is 1. The molecule has 1 aromatic carbocycles. The fourth-order valence-electron chi connectivity index (χ4n) is 1.57. The van der Waals surface area contributed by atoms with E-state index in [0.717, 1.165) is 13.0 Å². The summed E-state index contributed by atoms with van der Waals surface area (Å²) in [5.74, 6) is -1.48. The predicted molar refractivity (Wildman–Crippen MR) is 56.2 cm³/mol. The number of rotatable bonds is 3. The third kappa shape index (κ3) is 2.05. The summed E-state index contributed by atoms with van der Waals surface area (Å²) < 4.78 is 0. The zero-order chi connectivity index (χ0) is 13.3. The molecule has 0 amide bonds. The van der Waals surface area contributed by atoms with E-state index >= 15 is 0 Å². The highest BCUT2D eigenvalue weighted by Gasteiger charge is 2.31. The van der Waals surface area contributed by atoms with Crippen LogP contribution in [0.4, 0.5) is 11.4 Å². The minimum atomic E-state index is -1.48. The maximum atomic E-state index is 10.9. The number of nitrogens with zero attached hydrogens (tertiary/aromatic N) is 2. The highest BCUT2D eigenvalue weighted by atomic mass is 16.6. The lowest BCUT2D eigenvalue weighted by Gasteiger charge is -2.05. The molecule has 0 aliphatic rings. The Morgan fingerprint density at radius 3 is 2.12 bits per heavy atom. The van der Waals surface area contributed by atoms with Gasteiger partial charge in [-0.15, -0.1) is 0 Å². The lowest BCUT2D eigenvalue weighted by Crippen LogP contribution is -2.09. The van der Waals surface area contributed by atoms with Gasteiger partial charge in [-0.1, -0.05) is 0 Å². The molecule has 0 bridgehead atoms. The van der Waals surface area contributed by atoms with E-state index in [2.05, 4.69) is 0 Å². The van der Waals surface area contributed by atoms with Gasteiger partial charge < -0.3 is 5.11 Å². The Bertz CT molecular complexity index is 537. The summed E-state index contributed by atoms with van der Waals surface area (Å²) in [6.07, 6.45) is 0. The largest absolute Gasteiger partial charge is 0.477 e. The Morgan fingerprint density at radius 1 is 1.24 bits per heavy atom. The quantitative estimate of drug-likeness (QED) is 0.634. The number of aromatic carboxylic acids is 1. The number of carbonyl (C=O) groups is 1. The van der Waals surface area contributed by atoms with Crippen LogP contribution in [0.15, 0.2) is 6.07 Å². The van der Waals surface area contributed by atoms with Gasteiger partial charge in [0.2, 0.25) is 0 Å². The van der Waals surface area contributed by atoms with Crippen LogP contribution < -0.4 is 0 Å². The van der Waals surface area contributed by atoms with Gasteiger partial charge in [-0.2, -0.15) is 0 Å². The first-order valence-corrected chi connectivity index (χ1v) is 4.43. The first kappa shape index (κ1) is 12.6. The third-order valence-electron chi connectivity index (χ3n) is 2.32. The first-order chi connectivity index (χ1) is 7.77. The van der Waals surface area contributed by atoms with Crippen molar-refractivity contribution in [2.45, 2.75) is 13.8 Å². The monoisotopic (exact) mass is 240 g/mol. The van der Waals surface area contributed by atoms with E-state index in [4.69, 9.17) is 5.11 Å². The molecule has 0 aromatic heterocycles. The van der Waals surface area contributed by atoms with Crippen molar-refractivity contribution in [1.82, 2.24) is 0 Å². The van der Waals surface area contributed by atoms with Crippen LogP contribution in [0, 0.1) is 34.1 Å². The van der Waals surface area contributed by atoms with E-state index in [1.54, 1.807) is 0 Å². The SMILES string of the molecule is Cc1cc([N+](=O)[O-])c(C)c([N+](=O)[O-])c1C(=O)O. The molecule has 17 heavy (non-hydrogen) atoms. The van der Waals surface area contributed by atoms with Gasteiger partial charge in [0, 0.05) is 6.07 Å². The van der Waals surface area contributed by atoms with Crippen LogP contribution in [-0.4, -0.2) is 20.9 Å². The van der Waals surface area contributed by atoms with Crippen molar-refractivity contribution in [3.05, 3.63) is 43.0 Å². The molecule has 0 saturated heterocycles. The molecule has 8 heteroatoms. The minimum absolute atomic E-state index is 0.0125. The summed E-state index contributed by atoms with van der Waals surface area (Å²) in [4.78, 5) is 30.7. The average Bonchev–Trinajstić information content (AvgIpc) is 2.18. The number of nitro groups is 2. The van der Waals surface area contributed by atoms with Crippen LogP contribution in [-0.2, 0) is 0 Å². The molecule has 0 radical (unpaired) electrons. The van der Waals surface area contributed by atoms with E-state index in [0.29, 0.717) is 0 Å². The zero-order valence-electron chi connectivity index (χ0n) is 8.96. The summed E-state index contributed by atoms with van der Waals surface area (Å²) in [7, 11) is 0. The van der Waals surface area contributed by atoms with E-state index < -0.39 is 32.8 Å². The maximum absolute atomic E-state index is 10.9. The van der Waals surface area contributed by atoms with Crippen LogP contribution in [0.25, 0.3) is 0 Å². The minimum Gasteiger partial charge on any atom is -0.477 e. The maximum Gasteiger partial charge on any atom is 0.343 e. The Hall–Kier alpha value is -2.51. The normalized spacial score (nSPS) is 10.0. The van der Waals surface area contributed by atoms with Crippen LogP contribution in [0.5, 0.6) is 0 Å². The predicted octanol–water partition coefficient (Wildman–Crippen LogP) is 1.82. The van der Waals surface area contributed by atoms with Crippen molar-refractivity contribution in [1.29, 1.82) is 0 Å². The van der Waals surface area contributed by atoms with E-state index in [-0.39, 0.29) is 11.1 Å². The topological polar surface area (TPSA) is 124 Å². The molecule has 0 fully saturated rings. The van der Waals surface area contributed by atoms with E-state index in [1.165, 1.54) is 6.92 Å². The van der Waals surface area contributed by atoms with Crippen molar-refractivity contribution >= 4 is 17.3 Å². The summed E-state index contributed by atoms with van der Waals surface area (Å²) in [6, 6.07) is 1.02. The fourth-order valence-corrected chi connectivity index (χ4v) is 1.57. The standard InChI is InChI=1S/C9H8N2O6/c1-4-3-6(10(14)15)5(2)8(11(16)17)7(4)9(12)13/h3H,1-2H3,(H,12,13). The Morgan fingerprint density at radius 2 is 1.76 bits per heavy atom. The van der Waals surface area contributed by atoms with Gasteiger partial charge >= 0.3 is 5.97 Å². The summed E-state index contributed by atoms with van der Waals surface area (Å²) in [5.41, 5.74) is -1.98. The molecular weight excluding hydrogens is 232 g/mol. The van der Waals surface area contributed by atoms with Gasteiger partial charge in [-0.25, -0.2) is 4.79 Å². The highest BCUT2D eigenvalue weighted by Crippen LogP contribution is 2.33. The summed E-state index contributed by atoms with van der Waals surface area (Å²) >= 11 is 0. The average molecular weight is 240 g/mol. The van der Waals surface area contributed by atoms with Crippen LogP contribution >= 0.6 is 0 Å². The number of carboxylic acid groups (broad SMARTS) is 1. The fraction of sp³-hybridized carbons (Fsp3) is 0.222. The number of aryl methyl sites for hydroxylation is 1. The Balaban J connectivity index is 3.78. The van der Waals surface area contributed by atoms with E-state index in [9.17, 15) is 25.0 Å².